The van der Waals surface area contributed by atoms with Crippen LogP contribution < -0.4 is 4.74 Å². The first-order chi connectivity index (χ1) is 15.4. The van der Waals surface area contributed by atoms with E-state index in [0.29, 0.717) is 50.8 Å². The highest BCUT2D eigenvalue weighted by Gasteiger charge is 2.32. The van der Waals surface area contributed by atoms with E-state index < -0.39 is 0 Å². The predicted octanol–water partition coefficient (Wildman–Crippen LogP) is 3.45. The molecule has 1 aliphatic heterocycles. The number of rotatable bonds is 10. The molecule has 0 aliphatic carbocycles. The lowest BCUT2D eigenvalue weighted by atomic mass is 10.1. The van der Waals surface area contributed by atoms with E-state index in [1.165, 1.54) is 5.56 Å². The molecule has 2 heterocycles. The molecule has 2 aromatic rings. The largest absolute Gasteiger partial charge is 0.493 e. The van der Waals surface area contributed by atoms with Crippen molar-refractivity contribution in [2.24, 2.45) is 0 Å². The molecule has 1 fully saturated rings. The van der Waals surface area contributed by atoms with Gasteiger partial charge in [0.2, 0.25) is 17.7 Å². The van der Waals surface area contributed by atoms with Crippen molar-refractivity contribution in [3.63, 3.8) is 0 Å². The van der Waals surface area contributed by atoms with Gasteiger partial charge in [0, 0.05) is 32.9 Å². The minimum Gasteiger partial charge on any atom is -0.493 e. The van der Waals surface area contributed by atoms with E-state index >= 15 is 0 Å². The molecule has 8 heteroatoms. The van der Waals surface area contributed by atoms with Gasteiger partial charge in [-0.05, 0) is 50.3 Å². The van der Waals surface area contributed by atoms with E-state index in [1.54, 1.807) is 11.8 Å². The van der Waals surface area contributed by atoms with Crippen LogP contribution >= 0.6 is 0 Å². The van der Waals surface area contributed by atoms with Gasteiger partial charge in [0.25, 0.3) is 0 Å². The molecule has 0 spiro atoms. The standard InChI is InChI=1S/C24H34N4O4/c1-5-23-25-22(26-32-23)16-28(19(4)29)20-11-12-27(15-20)24(30)8-6-7-13-31-21-14-17(2)9-10-18(21)3/h9-10,14,20H,5-8,11-13,15-16H2,1-4H3. The lowest BCUT2D eigenvalue weighted by molar-refractivity contribution is -0.134. The Balaban J connectivity index is 1.41. The van der Waals surface area contributed by atoms with Crippen LogP contribution in [-0.2, 0) is 22.6 Å². The first-order valence-electron chi connectivity index (χ1n) is 11.4. The van der Waals surface area contributed by atoms with E-state index in [-0.39, 0.29) is 17.9 Å². The number of aryl methyl sites for hydroxylation is 3. The molecule has 2 amide bonds. The maximum Gasteiger partial charge on any atom is 0.226 e. The highest BCUT2D eigenvalue weighted by Crippen LogP contribution is 2.21. The van der Waals surface area contributed by atoms with Crippen LogP contribution in [0.15, 0.2) is 22.7 Å². The monoisotopic (exact) mass is 442 g/mol. The molecule has 1 atom stereocenters. The molecule has 1 saturated heterocycles. The zero-order valence-electron chi connectivity index (χ0n) is 19.6. The molecule has 0 radical (unpaired) electrons. The molecule has 32 heavy (non-hydrogen) atoms. The Labute approximate surface area is 189 Å². The summed E-state index contributed by atoms with van der Waals surface area (Å²) in [6.45, 7) is 9.69. The molecule has 1 aliphatic rings. The van der Waals surface area contributed by atoms with Crippen molar-refractivity contribution in [2.45, 2.75) is 72.4 Å². The molecule has 0 N–H and O–H groups in total. The van der Waals surface area contributed by atoms with Crippen LogP contribution in [0.5, 0.6) is 5.75 Å². The van der Waals surface area contributed by atoms with Gasteiger partial charge in [-0.15, -0.1) is 0 Å². The van der Waals surface area contributed by atoms with Gasteiger partial charge in [0.15, 0.2) is 5.82 Å². The summed E-state index contributed by atoms with van der Waals surface area (Å²) in [5, 5.41) is 3.95. The van der Waals surface area contributed by atoms with Crippen LogP contribution in [0.4, 0.5) is 0 Å². The average molecular weight is 443 g/mol. The summed E-state index contributed by atoms with van der Waals surface area (Å²) >= 11 is 0. The van der Waals surface area contributed by atoms with Gasteiger partial charge in [-0.2, -0.15) is 4.98 Å². The van der Waals surface area contributed by atoms with Gasteiger partial charge < -0.3 is 19.1 Å². The summed E-state index contributed by atoms with van der Waals surface area (Å²) in [5.74, 6) is 2.07. The van der Waals surface area contributed by atoms with Crippen molar-refractivity contribution in [3.05, 3.63) is 41.0 Å². The third kappa shape index (κ3) is 6.31. The van der Waals surface area contributed by atoms with Crippen molar-refractivity contribution in [1.82, 2.24) is 19.9 Å². The molecular formula is C24H34N4O4. The molecule has 0 bridgehead atoms. The molecule has 1 aromatic heterocycles. The number of hydrogen-bond donors (Lipinski definition) is 0. The fourth-order valence-electron chi connectivity index (χ4n) is 3.95. The van der Waals surface area contributed by atoms with E-state index in [1.807, 2.05) is 31.7 Å². The maximum atomic E-state index is 12.7. The second-order valence-electron chi connectivity index (χ2n) is 8.46. The van der Waals surface area contributed by atoms with Crippen LogP contribution in [0.2, 0.25) is 0 Å². The molecule has 3 rings (SSSR count). The fraction of sp³-hybridized carbons (Fsp3) is 0.583. The zero-order valence-corrected chi connectivity index (χ0v) is 19.6. The Morgan fingerprint density at radius 1 is 1.28 bits per heavy atom. The van der Waals surface area contributed by atoms with Crippen molar-refractivity contribution < 1.29 is 18.8 Å². The normalized spacial score (nSPS) is 15.8. The van der Waals surface area contributed by atoms with Crippen LogP contribution in [0.1, 0.15) is 62.4 Å². The van der Waals surface area contributed by atoms with Crippen molar-refractivity contribution in [1.29, 1.82) is 0 Å². The minimum absolute atomic E-state index is 0.0207. The smallest absolute Gasteiger partial charge is 0.226 e. The summed E-state index contributed by atoms with van der Waals surface area (Å²) in [7, 11) is 0. The van der Waals surface area contributed by atoms with Gasteiger partial charge in [0.1, 0.15) is 5.75 Å². The third-order valence-corrected chi connectivity index (χ3v) is 5.87. The van der Waals surface area contributed by atoms with E-state index in [9.17, 15) is 9.59 Å². The van der Waals surface area contributed by atoms with E-state index in [4.69, 9.17) is 9.26 Å². The number of amides is 2. The molecular weight excluding hydrogens is 408 g/mol. The number of hydrogen-bond acceptors (Lipinski definition) is 6. The summed E-state index contributed by atoms with van der Waals surface area (Å²) in [5.41, 5.74) is 2.30. The SMILES string of the molecule is CCc1nc(CN(C(C)=O)C2CCN(C(=O)CCCCOc3cc(C)ccc3C)C2)no1. The van der Waals surface area contributed by atoms with Crippen LogP contribution in [0.3, 0.4) is 0 Å². The number of carbonyl (C=O) groups excluding carboxylic acids is 2. The van der Waals surface area contributed by atoms with Crippen molar-refractivity contribution in [3.8, 4) is 5.75 Å². The summed E-state index contributed by atoms with van der Waals surface area (Å²) in [4.78, 5) is 32.8. The number of unbranched alkanes of at least 4 members (excludes halogenated alkanes) is 1. The molecule has 8 nitrogen and oxygen atoms in total. The van der Waals surface area contributed by atoms with Crippen LogP contribution in [0, 0.1) is 13.8 Å². The molecule has 1 unspecified atom stereocenters. The van der Waals surface area contributed by atoms with Gasteiger partial charge in [-0.1, -0.05) is 24.2 Å². The first kappa shape index (κ1) is 23.8. The first-order valence-corrected chi connectivity index (χ1v) is 11.4. The summed E-state index contributed by atoms with van der Waals surface area (Å²) in [6, 6.07) is 6.15. The molecule has 174 valence electrons. The second kappa shape index (κ2) is 11.1. The van der Waals surface area contributed by atoms with E-state index in [0.717, 1.165) is 30.6 Å². The Hall–Kier alpha value is -2.90. The van der Waals surface area contributed by atoms with Crippen LogP contribution in [-0.4, -0.2) is 57.5 Å². The van der Waals surface area contributed by atoms with Gasteiger partial charge in [-0.3, -0.25) is 9.59 Å². The predicted molar refractivity (Wildman–Crippen MR) is 120 cm³/mol. The Kier molecular flexibility index (Phi) is 8.25. The van der Waals surface area contributed by atoms with Gasteiger partial charge >= 0.3 is 0 Å². The number of likely N-dealkylation sites (tertiary alicyclic amines) is 1. The topological polar surface area (TPSA) is 88.8 Å². The zero-order chi connectivity index (χ0) is 23.1. The highest BCUT2D eigenvalue weighted by atomic mass is 16.5. The third-order valence-electron chi connectivity index (χ3n) is 5.87. The van der Waals surface area contributed by atoms with E-state index in [2.05, 4.69) is 22.3 Å². The lowest BCUT2D eigenvalue weighted by Crippen LogP contribution is -2.41. The molecule has 1 aromatic carbocycles. The number of nitrogens with zero attached hydrogens (tertiary/aromatic N) is 4. The maximum absolute atomic E-state index is 12.7. The lowest BCUT2D eigenvalue weighted by Gasteiger charge is -2.26. The highest BCUT2D eigenvalue weighted by molar-refractivity contribution is 5.77. The molecule has 0 saturated carbocycles. The minimum atomic E-state index is -0.0456. The second-order valence-corrected chi connectivity index (χ2v) is 8.46. The Bertz CT molecular complexity index is 926. The number of ether oxygens (including phenoxy) is 1. The van der Waals surface area contributed by atoms with Crippen LogP contribution in [0.25, 0.3) is 0 Å². The Morgan fingerprint density at radius 2 is 2.09 bits per heavy atom. The fourth-order valence-corrected chi connectivity index (χ4v) is 3.95. The van der Waals surface area contributed by atoms with Gasteiger partial charge in [-0.25, -0.2) is 0 Å². The van der Waals surface area contributed by atoms with Crippen molar-refractivity contribution >= 4 is 11.8 Å². The average Bonchev–Trinajstić information content (AvgIpc) is 3.43. The van der Waals surface area contributed by atoms with Gasteiger partial charge in [0.05, 0.1) is 19.2 Å². The van der Waals surface area contributed by atoms with Crippen molar-refractivity contribution in [2.75, 3.05) is 19.7 Å². The Morgan fingerprint density at radius 3 is 2.81 bits per heavy atom. The summed E-state index contributed by atoms with van der Waals surface area (Å²) < 4.78 is 11.0. The number of benzene rings is 1. The number of carbonyl (C=O) groups is 2. The quantitative estimate of drug-likeness (QED) is 0.524. The summed E-state index contributed by atoms with van der Waals surface area (Å²) in [6.07, 6.45) is 3.53. The number of aromatic nitrogens is 2.